The lowest BCUT2D eigenvalue weighted by molar-refractivity contribution is 0.299. The third kappa shape index (κ3) is 11.0. The fourth-order valence-electron chi connectivity index (χ4n) is 18.4. The van der Waals surface area contributed by atoms with Crippen LogP contribution in [0.15, 0.2) is 352 Å². The number of hydrogen-bond donors (Lipinski definition) is 0. The molecule has 2 heterocycles. The van der Waals surface area contributed by atoms with Crippen molar-refractivity contribution in [1.82, 2.24) is 29.9 Å². The summed E-state index contributed by atoms with van der Waals surface area (Å²) in [6, 6.07) is 127. The first-order valence-electron chi connectivity index (χ1n) is 39.1. The van der Waals surface area contributed by atoms with E-state index in [1.54, 1.807) is 0 Å². The minimum atomic E-state index is -0.136. The average Bonchev–Trinajstić information content (AvgIpc) is 1.50. The van der Waals surface area contributed by atoms with Crippen LogP contribution in [0.4, 0.5) is 0 Å². The Morgan fingerprint density at radius 3 is 0.956 bits per heavy atom. The molecule has 0 fully saturated rings. The normalized spacial score (nSPS) is 13.6. The number of rotatable bonds is 8. The predicted molar refractivity (Wildman–Crippen MR) is 472 cm³/mol. The van der Waals surface area contributed by atoms with Crippen molar-refractivity contribution in [2.75, 3.05) is 0 Å². The third-order valence-electron chi connectivity index (χ3n) is 25.0. The van der Waals surface area contributed by atoms with Crippen molar-refractivity contribution < 1.29 is 0 Å². The third-order valence-corrected chi connectivity index (χ3v) is 25.0. The van der Waals surface area contributed by atoms with Gasteiger partial charge in [0, 0.05) is 38.8 Å². The van der Waals surface area contributed by atoms with Crippen LogP contribution in [0.3, 0.4) is 0 Å². The second kappa shape index (κ2) is 26.1. The van der Waals surface area contributed by atoms with E-state index in [-0.39, 0.29) is 16.2 Å². The maximum absolute atomic E-state index is 5.25. The Bertz CT molecular complexity index is 7340. The topological polar surface area (TPSA) is 77.3 Å². The summed E-state index contributed by atoms with van der Waals surface area (Å²) in [5.74, 6) is 3.95. The molecule has 0 atom stereocenters. The monoisotopic (exact) mass is 1440 g/mol. The van der Waals surface area contributed by atoms with Crippen molar-refractivity contribution >= 4 is 86.2 Å². The van der Waals surface area contributed by atoms with Gasteiger partial charge in [-0.1, -0.05) is 369 Å². The van der Waals surface area contributed by atoms with Gasteiger partial charge in [0.25, 0.3) is 0 Å². The Morgan fingerprint density at radius 2 is 0.469 bits per heavy atom. The van der Waals surface area contributed by atoms with Gasteiger partial charge in [-0.25, -0.2) is 29.9 Å². The summed E-state index contributed by atoms with van der Waals surface area (Å²) in [6.45, 7) is 14.1. The standard InChI is InChI=1S/C55H41N3.C52H35N3/c1-54(2)48-23-11-10-20-44(48)45-30-27-39(33-49(45)55(54,3)4)53-57-51(36-15-6-5-7-16-36)56-52(58-53)38-18-12-17-37(32-38)41-21-13-22-46-43(41)29-26-35-25-28-42-40-19-9-8-14-34(40)24-31-47(42)50(35)46;1-52(2)46-21-9-8-18-42(46)43-28-25-37(31-47(43)52)51-54-49(34-13-4-3-5-14-34)53-50(55-51)36-16-10-15-35(30-36)39-19-11-20-44-41(39)27-24-33-23-26-40-38-17-7-6-12-32(38)22-29-45(40)48(33)44/h5-33H,1-4H3;3-31H,1-2H3. The second-order valence-corrected chi connectivity index (χ2v) is 32.0. The van der Waals surface area contributed by atoms with Gasteiger partial charge in [-0.2, -0.15) is 0 Å². The highest BCUT2D eigenvalue weighted by molar-refractivity contribution is 6.27. The minimum absolute atomic E-state index is 0.0789. The van der Waals surface area contributed by atoms with Crippen molar-refractivity contribution in [3.8, 4) is 113 Å². The molecule has 0 N–H and O–H groups in total. The second-order valence-electron chi connectivity index (χ2n) is 32.0. The fourth-order valence-corrected chi connectivity index (χ4v) is 18.4. The molecule has 0 unspecified atom stereocenters. The van der Waals surface area contributed by atoms with Crippen molar-refractivity contribution in [1.29, 1.82) is 0 Å². The van der Waals surface area contributed by atoms with E-state index in [0.29, 0.717) is 34.9 Å². The molecule has 534 valence electrons. The number of hydrogen-bond acceptors (Lipinski definition) is 6. The van der Waals surface area contributed by atoms with Crippen LogP contribution in [0.1, 0.15) is 63.8 Å². The molecule has 0 spiro atoms. The Balaban J connectivity index is 0.000000142. The molecule has 0 aliphatic heterocycles. The highest BCUT2D eigenvalue weighted by Crippen LogP contribution is 2.55. The van der Waals surface area contributed by atoms with E-state index in [1.165, 1.54) is 142 Å². The van der Waals surface area contributed by atoms with Crippen LogP contribution in [-0.2, 0) is 16.2 Å². The lowest BCUT2D eigenvalue weighted by Gasteiger charge is -2.48. The molecule has 18 aromatic carbocycles. The van der Waals surface area contributed by atoms with Gasteiger partial charge >= 0.3 is 0 Å². The molecule has 0 amide bonds. The first-order chi connectivity index (χ1) is 55.3. The summed E-state index contributed by atoms with van der Waals surface area (Å²) in [5, 5.41) is 20.2. The van der Waals surface area contributed by atoms with Crippen LogP contribution >= 0.6 is 0 Å². The number of aromatic nitrogens is 6. The van der Waals surface area contributed by atoms with Gasteiger partial charge in [0.2, 0.25) is 0 Å². The van der Waals surface area contributed by atoms with Crippen molar-refractivity contribution in [3.05, 3.63) is 374 Å². The summed E-state index contributed by atoms with van der Waals surface area (Å²) in [6.07, 6.45) is 0. The number of fused-ring (bicyclic) bond motifs is 20. The van der Waals surface area contributed by atoms with Crippen molar-refractivity contribution in [2.24, 2.45) is 0 Å². The van der Waals surface area contributed by atoms with E-state index < -0.39 is 0 Å². The highest BCUT2D eigenvalue weighted by atomic mass is 15.0. The maximum Gasteiger partial charge on any atom is 0.164 e. The Hall–Kier alpha value is -13.9. The van der Waals surface area contributed by atoms with Crippen LogP contribution in [-0.4, -0.2) is 29.9 Å². The van der Waals surface area contributed by atoms with E-state index in [1.807, 2.05) is 36.4 Å². The predicted octanol–water partition coefficient (Wildman–Crippen LogP) is 27.8. The van der Waals surface area contributed by atoms with Crippen LogP contribution in [0.25, 0.3) is 199 Å². The Labute approximate surface area is 656 Å². The number of nitrogens with zero attached hydrogens (tertiary/aromatic N) is 6. The van der Waals surface area contributed by atoms with Gasteiger partial charge in [-0.15, -0.1) is 0 Å². The van der Waals surface area contributed by atoms with Gasteiger partial charge in [0.15, 0.2) is 34.9 Å². The molecule has 0 radical (unpaired) electrons. The summed E-state index contributed by atoms with van der Waals surface area (Å²) < 4.78 is 0. The van der Waals surface area contributed by atoms with Gasteiger partial charge in [-0.3, -0.25) is 0 Å². The molecule has 0 bridgehead atoms. The molecule has 2 aliphatic rings. The van der Waals surface area contributed by atoms with Gasteiger partial charge in [-0.05, 0) is 188 Å². The number of benzene rings is 18. The zero-order valence-electron chi connectivity index (χ0n) is 63.7. The summed E-state index contributed by atoms with van der Waals surface area (Å²) >= 11 is 0. The molecule has 20 aromatic rings. The van der Waals surface area contributed by atoms with Crippen molar-refractivity contribution in [2.45, 2.75) is 57.8 Å². The first kappa shape index (κ1) is 67.2. The van der Waals surface area contributed by atoms with Crippen molar-refractivity contribution in [3.63, 3.8) is 0 Å². The summed E-state index contributed by atoms with van der Waals surface area (Å²) in [4.78, 5) is 30.9. The lowest BCUT2D eigenvalue weighted by Crippen LogP contribution is -2.43. The van der Waals surface area contributed by atoms with E-state index in [2.05, 4.69) is 357 Å². The molecule has 6 nitrogen and oxygen atoms in total. The smallest absolute Gasteiger partial charge is 0.164 e. The fraction of sp³-hybridized carbons (Fsp3) is 0.0841. The average molecular weight is 1450 g/mol. The molecule has 2 aliphatic carbocycles. The van der Waals surface area contributed by atoms with E-state index in [9.17, 15) is 0 Å². The van der Waals surface area contributed by atoms with Gasteiger partial charge in [0.1, 0.15) is 0 Å². The summed E-state index contributed by atoms with van der Waals surface area (Å²) in [5.41, 5.74) is 20.5. The van der Waals surface area contributed by atoms with Crippen LogP contribution in [0.2, 0.25) is 0 Å². The SMILES string of the molecule is CC1(C)c2ccccc2-c2ccc(-c3nc(-c4ccccc4)nc(-c4cccc(-c5cccc6c5ccc5ccc7c8ccccc8ccc7c56)c4)n3)cc21.CC1(C)c2ccccc2-c2ccc(-c3nc(-c4ccccc4)nc(-c4cccc(-c5cccc6c5ccc5ccc7c8ccccc8ccc7c56)c4)n3)cc2C1(C)C. The molecule has 113 heavy (non-hydrogen) atoms. The minimum Gasteiger partial charge on any atom is -0.208 e. The summed E-state index contributed by atoms with van der Waals surface area (Å²) in [7, 11) is 0. The molecule has 0 saturated carbocycles. The zero-order chi connectivity index (χ0) is 75.8. The van der Waals surface area contributed by atoms with E-state index in [4.69, 9.17) is 29.9 Å². The highest BCUT2D eigenvalue weighted by Gasteiger charge is 2.46. The Kier molecular flexibility index (Phi) is 15.5. The quantitative estimate of drug-likeness (QED) is 0.141. The Morgan fingerprint density at radius 1 is 0.168 bits per heavy atom. The molecule has 22 rings (SSSR count). The molecule has 6 heteroatoms. The van der Waals surface area contributed by atoms with Crippen LogP contribution in [0.5, 0.6) is 0 Å². The molecular weight excluding hydrogens is 1370 g/mol. The van der Waals surface area contributed by atoms with Gasteiger partial charge in [0.05, 0.1) is 0 Å². The van der Waals surface area contributed by atoms with Gasteiger partial charge < -0.3 is 0 Å². The first-order valence-corrected chi connectivity index (χ1v) is 39.1. The van der Waals surface area contributed by atoms with Crippen LogP contribution < -0.4 is 0 Å². The molecule has 2 aromatic heterocycles. The lowest BCUT2D eigenvalue weighted by atomic mass is 9.55. The molecule has 0 saturated heterocycles. The molecular formula is C107H76N6. The largest absolute Gasteiger partial charge is 0.208 e. The maximum atomic E-state index is 5.25. The van der Waals surface area contributed by atoms with E-state index in [0.717, 1.165) is 44.5 Å². The van der Waals surface area contributed by atoms with Crippen LogP contribution in [0, 0.1) is 0 Å². The van der Waals surface area contributed by atoms with E-state index >= 15 is 0 Å². The zero-order valence-corrected chi connectivity index (χ0v) is 63.7.